The van der Waals surface area contributed by atoms with Gasteiger partial charge in [0, 0.05) is 6.42 Å². The Morgan fingerprint density at radius 2 is 2.11 bits per heavy atom. The Morgan fingerprint density at radius 3 is 2.53 bits per heavy atom. The smallest absolute Gasteiger partial charge is 0.405 e. The van der Waals surface area contributed by atoms with Gasteiger partial charge in [-0.15, -0.1) is 0 Å². The van der Waals surface area contributed by atoms with E-state index in [1.54, 1.807) is 19.9 Å². The van der Waals surface area contributed by atoms with Crippen LogP contribution in [0.3, 0.4) is 0 Å². The summed E-state index contributed by atoms with van der Waals surface area (Å²) in [5.41, 5.74) is 0. The second-order valence-corrected chi connectivity index (χ2v) is 4.84. The molecule has 2 amide bonds. The lowest BCUT2D eigenvalue weighted by Crippen LogP contribution is -2.52. The number of carboxylic acid groups (broad SMARTS) is 1. The highest BCUT2D eigenvalue weighted by molar-refractivity contribution is 5.86. The summed E-state index contributed by atoms with van der Waals surface area (Å²) in [5, 5.41) is 19.5. The molecule has 0 aromatic carbocycles. The number of hydrogen-bond acceptors (Lipinski definition) is 3. The molecule has 0 bridgehead atoms. The highest BCUT2D eigenvalue weighted by Crippen LogP contribution is 2.32. The summed E-state index contributed by atoms with van der Waals surface area (Å²) in [6.07, 6.45) is -2.13. The third-order valence-corrected chi connectivity index (χ3v) is 2.91. The van der Waals surface area contributed by atoms with Crippen LogP contribution in [0.1, 0.15) is 20.3 Å². The summed E-state index contributed by atoms with van der Waals surface area (Å²) in [6.45, 7) is 2.33. The molecule has 106 valence electrons. The molecule has 1 saturated heterocycles. The number of carbonyl (C=O) groups is 2. The lowest BCUT2D eigenvalue weighted by atomic mass is 10.0. The van der Waals surface area contributed by atoms with Crippen molar-refractivity contribution in [2.75, 3.05) is 6.54 Å². The number of likely N-dealkylation sites (tertiary alicyclic amines) is 1. The topological polar surface area (TPSA) is 93.4 Å². The molecule has 1 aliphatic rings. The lowest BCUT2D eigenvalue weighted by Gasteiger charge is -2.27. The van der Waals surface area contributed by atoms with Crippen LogP contribution in [-0.2, 0) is 4.79 Å². The normalized spacial score (nSPS) is 22.9. The molecule has 2 unspecified atom stereocenters. The average molecular weight is 275 g/mol. The fourth-order valence-electron chi connectivity index (χ4n) is 1.99. The maximum atomic E-state index is 13.2. The van der Waals surface area contributed by atoms with Crippen LogP contribution in [0.4, 0.5) is 13.6 Å². The van der Waals surface area contributed by atoms with E-state index in [-0.39, 0.29) is 0 Å². The molecule has 0 radical (unpaired) electrons. The first-order valence-electron chi connectivity index (χ1n) is 5.75. The molecule has 0 aromatic heterocycles. The quantitative estimate of drug-likeness (QED) is 0.804. The van der Waals surface area contributed by atoms with Crippen molar-refractivity contribution >= 4 is 12.0 Å². The van der Waals surface area contributed by atoms with Gasteiger partial charge in [0.05, 0.1) is 12.6 Å². The van der Waals surface area contributed by atoms with Gasteiger partial charge in [-0.3, -0.25) is 4.79 Å². The molecule has 6 nitrogen and oxygen atoms in total. The molecule has 2 atom stereocenters. The van der Waals surface area contributed by atoms with E-state index in [4.69, 9.17) is 10.4 Å². The number of amides is 2. The van der Waals surface area contributed by atoms with E-state index in [0.29, 0.717) is 0 Å². The second kappa shape index (κ2) is 5.38. The van der Waals surface area contributed by atoms with Gasteiger partial charge in [-0.25, -0.2) is 13.6 Å². The number of alkyl halides is 2. The van der Waals surface area contributed by atoms with Gasteiger partial charge in [0.1, 0.15) is 12.1 Å². The molecule has 1 aliphatic heterocycles. The Bertz CT molecular complexity index is 420. The fourth-order valence-corrected chi connectivity index (χ4v) is 1.99. The third kappa shape index (κ3) is 3.53. The Balaban J connectivity index is 2.91. The Kier molecular flexibility index (Phi) is 4.29. The Labute approximate surface area is 109 Å². The predicted octanol–water partition coefficient (Wildman–Crippen LogP) is 1.04. The zero-order chi connectivity index (χ0) is 14.8. The number of halogens is 2. The maximum absolute atomic E-state index is 13.2. The summed E-state index contributed by atoms with van der Waals surface area (Å²) in [6, 6.07) is -0.712. The van der Waals surface area contributed by atoms with Crippen molar-refractivity contribution in [3.63, 3.8) is 0 Å². The third-order valence-electron chi connectivity index (χ3n) is 2.91. The van der Waals surface area contributed by atoms with Crippen LogP contribution in [0.25, 0.3) is 0 Å². The minimum atomic E-state index is -3.11. The number of hydrogen-bond donors (Lipinski definition) is 2. The summed E-state index contributed by atoms with van der Waals surface area (Å²) < 4.78 is 26.5. The zero-order valence-corrected chi connectivity index (χ0v) is 10.6. The van der Waals surface area contributed by atoms with E-state index < -0.39 is 48.9 Å². The minimum absolute atomic E-state index is 0.405. The van der Waals surface area contributed by atoms with Crippen molar-refractivity contribution < 1.29 is 23.5 Å². The maximum Gasteiger partial charge on any atom is 0.405 e. The molecule has 0 aromatic rings. The SMILES string of the molecule is CC(C)C(NC(=O)O)C(=O)N1CC(F)(F)CC1C#N. The lowest BCUT2D eigenvalue weighted by molar-refractivity contribution is -0.135. The van der Waals surface area contributed by atoms with Crippen LogP contribution >= 0.6 is 0 Å². The van der Waals surface area contributed by atoms with E-state index in [9.17, 15) is 18.4 Å². The van der Waals surface area contributed by atoms with E-state index in [2.05, 4.69) is 0 Å². The van der Waals surface area contributed by atoms with Crippen molar-refractivity contribution in [1.29, 1.82) is 5.26 Å². The largest absolute Gasteiger partial charge is 0.465 e. The van der Waals surface area contributed by atoms with Crippen molar-refractivity contribution in [2.24, 2.45) is 5.92 Å². The van der Waals surface area contributed by atoms with Crippen LogP contribution in [0.2, 0.25) is 0 Å². The van der Waals surface area contributed by atoms with Crippen molar-refractivity contribution in [3.8, 4) is 6.07 Å². The fraction of sp³-hybridized carbons (Fsp3) is 0.727. The average Bonchev–Trinajstić information content (AvgIpc) is 2.60. The van der Waals surface area contributed by atoms with Crippen LogP contribution < -0.4 is 5.32 Å². The Hall–Kier alpha value is -1.91. The van der Waals surface area contributed by atoms with Gasteiger partial charge in [0.15, 0.2) is 0 Å². The second-order valence-electron chi connectivity index (χ2n) is 4.84. The molecule has 19 heavy (non-hydrogen) atoms. The van der Waals surface area contributed by atoms with Gasteiger partial charge in [0.25, 0.3) is 5.92 Å². The monoisotopic (exact) mass is 275 g/mol. The first-order chi connectivity index (χ1) is 8.68. The molecule has 1 heterocycles. The number of nitrogens with one attached hydrogen (secondary N) is 1. The van der Waals surface area contributed by atoms with E-state index >= 15 is 0 Å². The number of nitriles is 1. The van der Waals surface area contributed by atoms with E-state index in [1.807, 2.05) is 5.32 Å². The molecule has 2 N–H and O–H groups in total. The summed E-state index contributed by atoms with van der Waals surface area (Å²) in [7, 11) is 0. The minimum Gasteiger partial charge on any atom is -0.465 e. The van der Waals surface area contributed by atoms with Gasteiger partial charge in [0.2, 0.25) is 5.91 Å². The van der Waals surface area contributed by atoms with E-state index in [0.717, 1.165) is 4.90 Å². The van der Waals surface area contributed by atoms with Gasteiger partial charge in [-0.2, -0.15) is 5.26 Å². The predicted molar refractivity (Wildman–Crippen MR) is 60.5 cm³/mol. The van der Waals surface area contributed by atoms with Gasteiger partial charge < -0.3 is 15.3 Å². The van der Waals surface area contributed by atoms with Crippen LogP contribution in [0.5, 0.6) is 0 Å². The molecule has 0 aliphatic carbocycles. The molecule has 1 fully saturated rings. The molecule has 0 spiro atoms. The molecule has 0 saturated carbocycles. The number of nitrogens with zero attached hydrogens (tertiary/aromatic N) is 2. The number of rotatable bonds is 3. The first-order valence-corrected chi connectivity index (χ1v) is 5.75. The van der Waals surface area contributed by atoms with Crippen LogP contribution in [0, 0.1) is 17.2 Å². The van der Waals surface area contributed by atoms with Crippen molar-refractivity contribution in [3.05, 3.63) is 0 Å². The van der Waals surface area contributed by atoms with Crippen molar-refractivity contribution in [1.82, 2.24) is 10.2 Å². The van der Waals surface area contributed by atoms with Crippen LogP contribution in [0.15, 0.2) is 0 Å². The molecular formula is C11H15F2N3O3. The van der Waals surface area contributed by atoms with E-state index in [1.165, 1.54) is 0 Å². The summed E-state index contributed by atoms with van der Waals surface area (Å²) in [4.78, 5) is 23.5. The standard InChI is InChI=1S/C11H15F2N3O3/c1-6(2)8(15-10(18)19)9(17)16-5-11(12,13)3-7(16)4-14/h6-8,15H,3,5H2,1-2H3,(H,18,19). The summed E-state index contributed by atoms with van der Waals surface area (Å²) >= 11 is 0. The molecule has 8 heteroatoms. The molecule has 1 rings (SSSR count). The first kappa shape index (κ1) is 15.1. The zero-order valence-electron chi connectivity index (χ0n) is 10.6. The molecular weight excluding hydrogens is 260 g/mol. The summed E-state index contributed by atoms with van der Waals surface area (Å²) in [5.74, 6) is -4.31. The van der Waals surface area contributed by atoms with Crippen LogP contribution in [-0.4, -0.2) is 46.6 Å². The van der Waals surface area contributed by atoms with Gasteiger partial charge in [-0.1, -0.05) is 13.8 Å². The number of carbonyl (C=O) groups excluding carboxylic acids is 1. The Morgan fingerprint density at radius 1 is 1.53 bits per heavy atom. The van der Waals surface area contributed by atoms with Gasteiger partial charge in [-0.05, 0) is 5.92 Å². The highest BCUT2D eigenvalue weighted by atomic mass is 19.3. The highest BCUT2D eigenvalue weighted by Gasteiger charge is 2.48. The van der Waals surface area contributed by atoms with Crippen molar-refractivity contribution in [2.45, 2.75) is 38.3 Å². The van der Waals surface area contributed by atoms with Gasteiger partial charge >= 0.3 is 6.09 Å².